The van der Waals surface area contributed by atoms with E-state index in [1.54, 1.807) is 0 Å². The Morgan fingerprint density at radius 3 is 2.42 bits per heavy atom. The van der Waals surface area contributed by atoms with Crippen LogP contribution in [0.2, 0.25) is 0 Å². The van der Waals surface area contributed by atoms with Crippen LogP contribution in [-0.2, 0) is 12.0 Å². The Hall–Kier alpha value is -0.860. The van der Waals surface area contributed by atoms with E-state index in [4.69, 9.17) is 0 Å². The summed E-state index contributed by atoms with van der Waals surface area (Å²) in [4.78, 5) is 0. The first kappa shape index (κ1) is 16.2. The van der Waals surface area contributed by atoms with Crippen molar-refractivity contribution in [2.75, 3.05) is 13.1 Å². The minimum absolute atomic E-state index is 0.594. The highest BCUT2D eigenvalue weighted by molar-refractivity contribution is 5.28. The Bertz CT molecular complexity index is 383. The first-order valence-electron chi connectivity index (χ1n) is 7.34. The van der Waals surface area contributed by atoms with Crippen LogP contribution in [-0.4, -0.2) is 18.2 Å². The van der Waals surface area contributed by atoms with Crippen molar-refractivity contribution < 1.29 is 5.11 Å². The molecule has 1 unspecified atom stereocenters. The van der Waals surface area contributed by atoms with Crippen LogP contribution in [0.1, 0.15) is 45.7 Å². The summed E-state index contributed by atoms with van der Waals surface area (Å²) in [7, 11) is 0. The molecule has 2 heteroatoms. The van der Waals surface area contributed by atoms with Crippen LogP contribution in [0.25, 0.3) is 0 Å². The summed E-state index contributed by atoms with van der Waals surface area (Å²) in [5.41, 5.74) is 1.50. The van der Waals surface area contributed by atoms with E-state index in [0.717, 1.165) is 18.5 Å². The lowest BCUT2D eigenvalue weighted by Gasteiger charge is -2.25. The second-order valence-corrected chi connectivity index (χ2v) is 6.60. The van der Waals surface area contributed by atoms with Gasteiger partial charge in [0.2, 0.25) is 0 Å². The van der Waals surface area contributed by atoms with E-state index in [1.807, 2.05) is 19.1 Å². The van der Waals surface area contributed by atoms with Gasteiger partial charge in [-0.05, 0) is 42.9 Å². The average molecular weight is 263 g/mol. The third kappa shape index (κ3) is 5.75. The maximum Gasteiger partial charge on any atom is 0.0992 e. The molecule has 0 aromatic heterocycles. The Kier molecular flexibility index (Phi) is 6.02. The molecular weight excluding hydrogens is 234 g/mol. The molecule has 0 amide bonds. The van der Waals surface area contributed by atoms with E-state index in [2.05, 4.69) is 45.1 Å². The maximum atomic E-state index is 10.6. The lowest BCUT2D eigenvalue weighted by atomic mass is 9.92. The third-order valence-corrected chi connectivity index (χ3v) is 3.21. The zero-order valence-corrected chi connectivity index (χ0v) is 13.0. The minimum atomic E-state index is -0.804. The number of nitrogens with one attached hydrogen (secondary N) is 1. The van der Waals surface area contributed by atoms with E-state index in [9.17, 15) is 5.11 Å². The van der Waals surface area contributed by atoms with E-state index >= 15 is 0 Å². The molecule has 0 saturated heterocycles. The molecule has 1 rings (SSSR count). The number of aliphatic hydroxyl groups is 1. The van der Waals surface area contributed by atoms with Crippen molar-refractivity contribution >= 4 is 0 Å². The van der Waals surface area contributed by atoms with Crippen molar-refractivity contribution in [3.05, 3.63) is 35.4 Å². The van der Waals surface area contributed by atoms with E-state index in [0.29, 0.717) is 18.4 Å². The van der Waals surface area contributed by atoms with Crippen molar-refractivity contribution in [1.29, 1.82) is 0 Å². The first-order valence-corrected chi connectivity index (χ1v) is 7.34. The number of rotatable bonds is 7. The molecule has 0 aliphatic carbocycles. The molecule has 0 spiro atoms. The molecular formula is C17H29NO. The Morgan fingerprint density at radius 1 is 1.16 bits per heavy atom. The van der Waals surface area contributed by atoms with Gasteiger partial charge in [0.15, 0.2) is 0 Å². The van der Waals surface area contributed by atoms with Crippen LogP contribution in [0.5, 0.6) is 0 Å². The molecule has 1 atom stereocenters. The maximum absolute atomic E-state index is 10.6. The molecule has 0 fully saturated rings. The fourth-order valence-electron chi connectivity index (χ4n) is 2.21. The summed E-state index contributed by atoms with van der Waals surface area (Å²) in [5.74, 6) is 1.24. The number of hydrogen-bond acceptors (Lipinski definition) is 2. The molecule has 1 aromatic carbocycles. The van der Waals surface area contributed by atoms with Gasteiger partial charge < -0.3 is 10.4 Å². The van der Waals surface area contributed by atoms with Gasteiger partial charge in [-0.2, -0.15) is 0 Å². The minimum Gasteiger partial charge on any atom is -0.384 e. The van der Waals surface area contributed by atoms with Gasteiger partial charge in [0.1, 0.15) is 0 Å². The second kappa shape index (κ2) is 7.06. The first-order chi connectivity index (χ1) is 8.81. The molecule has 2 nitrogen and oxygen atoms in total. The van der Waals surface area contributed by atoms with Crippen molar-refractivity contribution in [2.24, 2.45) is 11.8 Å². The van der Waals surface area contributed by atoms with Gasteiger partial charge in [0.25, 0.3) is 0 Å². The molecule has 19 heavy (non-hydrogen) atoms. The highest BCUT2D eigenvalue weighted by Crippen LogP contribution is 2.22. The predicted molar refractivity (Wildman–Crippen MR) is 82.3 cm³/mol. The molecule has 0 bridgehead atoms. The van der Waals surface area contributed by atoms with Crippen LogP contribution in [0.3, 0.4) is 0 Å². The fourth-order valence-corrected chi connectivity index (χ4v) is 2.21. The van der Waals surface area contributed by atoms with Gasteiger partial charge in [0.05, 0.1) is 5.60 Å². The number of benzene rings is 1. The van der Waals surface area contributed by atoms with Crippen LogP contribution in [0.4, 0.5) is 0 Å². The molecule has 1 aromatic rings. The largest absolute Gasteiger partial charge is 0.384 e. The summed E-state index contributed by atoms with van der Waals surface area (Å²) in [6.45, 7) is 12.2. The molecule has 0 saturated carbocycles. The monoisotopic (exact) mass is 263 g/mol. The predicted octanol–water partition coefficient (Wildman–Crippen LogP) is 3.34. The normalized spacial score (nSPS) is 14.9. The smallest absolute Gasteiger partial charge is 0.0992 e. The average Bonchev–Trinajstić information content (AvgIpc) is 2.27. The summed E-state index contributed by atoms with van der Waals surface area (Å²) < 4.78 is 0. The zero-order valence-electron chi connectivity index (χ0n) is 13.0. The lowest BCUT2D eigenvalue weighted by molar-refractivity contribution is 0.0563. The molecule has 0 aliphatic rings. The van der Waals surface area contributed by atoms with Crippen LogP contribution in [0.15, 0.2) is 24.3 Å². The van der Waals surface area contributed by atoms with Crippen molar-refractivity contribution in [1.82, 2.24) is 5.32 Å². The van der Waals surface area contributed by atoms with Crippen LogP contribution >= 0.6 is 0 Å². The SMILES string of the molecule is CC(C)CNCC(C)(O)c1cccc(CC(C)C)c1. The molecule has 0 radical (unpaired) electrons. The summed E-state index contributed by atoms with van der Waals surface area (Å²) in [6.07, 6.45) is 1.06. The molecule has 0 heterocycles. The van der Waals surface area contributed by atoms with Crippen LogP contribution in [0, 0.1) is 11.8 Å². The molecule has 0 aliphatic heterocycles. The Labute approximate surface area is 118 Å². The molecule has 108 valence electrons. The van der Waals surface area contributed by atoms with Crippen molar-refractivity contribution in [2.45, 2.75) is 46.6 Å². The topological polar surface area (TPSA) is 32.3 Å². The van der Waals surface area contributed by atoms with Crippen LogP contribution < -0.4 is 5.32 Å². The fraction of sp³-hybridized carbons (Fsp3) is 0.647. The van der Waals surface area contributed by atoms with Gasteiger partial charge in [-0.25, -0.2) is 0 Å². The highest BCUT2D eigenvalue weighted by Gasteiger charge is 2.22. The summed E-state index contributed by atoms with van der Waals surface area (Å²) >= 11 is 0. The second-order valence-electron chi connectivity index (χ2n) is 6.60. The third-order valence-electron chi connectivity index (χ3n) is 3.21. The van der Waals surface area contributed by atoms with Crippen molar-refractivity contribution in [3.63, 3.8) is 0 Å². The van der Waals surface area contributed by atoms with Crippen molar-refractivity contribution in [3.8, 4) is 0 Å². The zero-order chi connectivity index (χ0) is 14.5. The Morgan fingerprint density at radius 2 is 1.84 bits per heavy atom. The number of hydrogen-bond donors (Lipinski definition) is 2. The van der Waals surface area contributed by atoms with E-state index < -0.39 is 5.60 Å². The van der Waals surface area contributed by atoms with E-state index in [-0.39, 0.29) is 0 Å². The molecule has 2 N–H and O–H groups in total. The summed E-state index contributed by atoms with van der Waals surface area (Å²) in [6, 6.07) is 8.34. The Balaban J connectivity index is 2.71. The quantitative estimate of drug-likeness (QED) is 0.791. The van der Waals surface area contributed by atoms with Gasteiger partial charge in [-0.3, -0.25) is 0 Å². The van der Waals surface area contributed by atoms with Gasteiger partial charge in [-0.15, -0.1) is 0 Å². The standard InChI is InChI=1S/C17H29NO/c1-13(2)9-15-7-6-8-16(10-15)17(5,19)12-18-11-14(3)4/h6-8,10,13-14,18-19H,9,11-12H2,1-5H3. The lowest BCUT2D eigenvalue weighted by Crippen LogP contribution is -2.37. The van der Waals surface area contributed by atoms with Gasteiger partial charge >= 0.3 is 0 Å². The highest BCUT2D eigenvalue weighted by atomic mass is 16.3. The summed E-state index contributed by atoms with van der Waals surface area (Å²) in [5, 5.41) is 13.9. The van der Waals surface area contributed by atoms with Gasteiger partial charge in [-0.1, -0.05) is 52.0 Å². The van der Waals surface area contributed by atoms with Gasteiger partial charge in [0, 0.05) is 6.54 Å². The van der Waals surface area contributed by atoms with E-state index in [1.165, 1.54) is 5.56 Å².